The molecule has 0 amide bonds. The number of benzene rings is 1. The van der Waals surface area contributed by atoms with E-state index in [0.29, 0.717) is 0 Å². The molecule has 0 radical (unpaired) electrons. The molecule has 15 heavy (non-hydrogen) atoms. The van der Waals surface area contributed by atoms with E-state index >= 15 is 0 Å². The highest BCUT2D eigenvalue weighted by Crippen LogP contribution is 2.39. The number of phenolic OH excluding ortho intramolecular Hbond substituents is 1. The van der Waals surface area contributed by atoms with Crippen molar-refractivity contribution in [2.24, 2.45) is 0 Å². The number of halogens is 1. The van der Waals surface area contributed by atoms with Crippen LogP contribution in [-0.2, 0) is 4.79 Å². The minimum absolute atomic E-state index is 0.141. The third kappa shape index (κ3) is 1.72. The van der Waals surface area contributed by atoms with Gasteiger partial charge >= 0.3 is 5.97 Å². The summed E-state index contributed by atoms with van der Waals surface area (Å²) in [5.41, 5.74) is 0.246. The second kappa shape index (κ2) is 3.42. The van der Waals surface area contributed by atoms with Gasteiger partial charge in [-0.15, -0.1) is 0 Å². The first kappa shape index (κ1) is 9.76. The van der Waals surface area contributed by atoms with Crippen LogP contribution >= 0.6 is 0 Å². The number of hydrogen-bond acceptors (Lipinski definition) is 3. The fourth-order valence-corrected chi connectivity index (χ4v) is 1.74. The Balaban J connectivity index is 2.37. The summed E-state index contributed by atoms with van der Waals surface area (Å²) in [7, 11) is 0. The maximum absolute atomic E-state index is 13.4. The van der Waals surface area contributed by atoms with Crippen LogP contribution < -0.4 is 4.74 Å². The van der Waals surface area contributed by atoms with E-state index < -0.39 is 17.7 Å². The predicted octanol–water partition coefficient (Wildman–Crippen LogP) is 1.48. The average molecular weight is 212 g/mol. The fourth-order valence-electron chi connectivity index (χ4n) is 1.74. The number of rotatable bonds is 2. The fraction of sp³-hybridized carbons (Fsp3) is 0.300. The minimum Gasteiger partial charge on any atom is -0.508 e. The Labute approximate surface area is 84.9 Å². The lowest BCUT2D eigenvalue weighted by molar-refractivity contribution is -0.137. The van der Waals surface area contributed by atoms with Gasteiger partial charge in [-0.1, -0.05) is 0 Å². The molecule has 2 rings (SSSR count). The average Bonchev–Trinajstić information content (AvgIpc) is 2.46. The third-order valence-corrected chi connectivity index (χ3v) is 2.35. The molecule has 5 heteroatoms. The van der Waals surface area contributed by atoms with E-state index in [1.165, 1.54) is 6.07 Å². The van der Waals surface area contributed by atoms with Crippen molar-refractivity contribution in [2.45, 2.75) is 12.3 Å². The molecule has 0 aliphatic carbocycles. The first-order chi connectivity index (χ1) is 7.08. The zero-order chi connectivity index (χ0) is 11.0. The monoisotopic (exact) mass is 212 g/mol. The standard InChI is InChI=1S/C10H9FO4/c11-7-2-6(12)3-8-10(7)5(4-15-8)1-9(13)14/h2-3,5,12H,1,4H2,(H,13,14)/t5-/m1/s1. The zero-order valence-corrected chi connectivity index (χ0v) is 7.74. The number of aromatic hydroxyl groups is 1. The zero-order valence-electron chi connectivity index (χ0n) is 7.74. The van der Waals surface area contributed by atoms with Gasteiger partial charge in [0, 0.05) is 23.6 Å². The van der Waals surface area contributed by atoms with Crippen LogP contribution in [0.2, 0.25) is 0 Å². The van der Waals surface area contributed by atoms with Gasteiger partial charge in [-0.05, 0) is 0 Å². The van der Waals surface area contributed by atoms with Gasteiger partial charge in [-0.3, -0.25) is 4.79 Å². The van der Waals surface area contributed by atoms with Gasteiger partial charge in [0.25, 0.3) is 0 Å². The quantitative estimate of drug-likeness (QED) is 0.779. The van der Waals surface area contributed by atoms with Gasteiger partial charge < -0.3 is 14.9 Å². The van der Waals surface area contributed by atoms with Crippen LogP contribution in [-0.4, -0.2) is 22.8 Å². The van der Waals surface area contributed by atoms with Crippen molar-refractivity contribution in [3.63, 3.8) is 0 Å². The molecule has 1 aromatic rings. The summed E-state index contributed by atoms with van der Waals surface area (Å²) in [6.07, 6.45) is -0.172. The van der Waals surface area contributed by atoms with Gasteiger partial charge in [0.1, 0.15) is 17.3 Å². The summed E-state index contributed by atoms with van der Waals surface area (Å²) >= 11 is 0. The summed E-state index contributed by atoms with van der Waals surface area (Å²) in [4.78, 5) is 10.5. The molecule has 0 unspecified atom stereocenters. The van der Waals surface area contributed by atoms with Crippen LogP contribution in [0.25, 0.3) is 0 Å². The van der Waals surface area contributed by atoms with E-state index in [2.05, 4.69) is 0 Å². The number of ether oxygens (including phenoxy) is 1. The summed E-state index contributed by atoms with van der Waals surface area (Å²) in [5.74, 6) is -2.07. The van der Waals surface area contributed by atoms with Crippen molar-refractivity contribution in [2.75, 3.05) is 6.61 Å². The molecule has 1 aliphatic rings. The first-order valence-electron chi connectivity index (χ1n) is 4.45. The van der Waals surface area contributed by atoms with E-state index in [9.17, 15) is 9.18 Å². The smallest absolute Gasteiger partial charge is 0.304 e. The summed E-state index contributed by atoms with van der Waals surface area (Å²) in [6, 6.07) is 2.25. The van der Waals surface area contributed by atoms with E-state index in [1.807, 2.05) is 0 Å². The molecule has 1 aromatic carbocycles. The summed E-state index contributed by atoms with van der Waals surface area (Å²) in [6.45, 7) is 0.141. The Kier molecular flexibility index (Phi) is 2.22. The Hall–Kier alpha value is -1.78. The molecule has 4 nitrogen and oxygen atoms in total. The molecule has 1 aliphatic heterocycles. The van der Waals surface area contributed by atoms with E-state index in [1.54, 1.807) is 0 Å². The second-order valence-corrected chi connectivity index (χ2v) is 3.45. The number of carboxylic acid groups (broad SMARTS) is 1. The first-order valence-corrected chi connectivity index (χ1v) is 4.45. The molecular weight excluding hydrogens is 203 g/mol. The molecule has 0 saturated heterocycles. The highest BCUT2D eigenvalue weighted by molar-refractivity contribution is 5.68. The van der Waals surface area contributed by atoms with Crippen LogP contribution in [0.4, 0.5) is 4.39 Å². The summed E-state index contributed by atoms with van der Waals surface area (Å²) in [5, 5.41) is 17.7. The van der Waals surface area contributed by atoms with Crippen molar-refractivity contribution in [3.05, 3.63) is 23.5 Å². The molecule has 80 valence electrons. The highest BCUT2D eigenvalue weighted by Gasteiger charge is 2.30. The molecule has 1 atom stereocenters. The molecule has 1 heterocycles. The van der Waals surface area contributed by atoms with Crippen LogP contribution in [0.3, 0.4) is 0 Å². The molecular formula is C10H9FO4. The van der Waals surface area contributed by atoms with E-state index in [-0.39, 0.29) is 30.1 Å². The van der Waals surface area contributed by atoms with Crippen LogP contribution in [0, 0.1) is 5.82 Å². The van der Waals surface area contributed by atoms with Crippen molar-refractivity contribution >= 4 is 5.97 Å². The Morgan fingerprint density at radius 1 is 1.60 bits per heavy atom. The number of phenols is 1. The number of carbonyl (C=O) groups is 1. The molecule has 0 saturated carbocycles. The number of fused-ring (bicyclic) bond motifs is 1. The maximum Gasteiger partial charge on any atom is 0.304 e. The molecule has 0 bridgehead atoms. The number of aliphatic carboxylic acids is 1. The van der Waals surface area contributed by atoms with E-state index in [4.69, 9.17) is 14.9 Å². The maximum atomic E-state index is 13.4. The Morgan fingerprint density at radius 2 is 2.33 bits per heavy atom. The third-order valence-electron chi connectivity index (χ3n) is 2.35. The van der Waals surface area contributed by atoms with Gasteiger partial charge in [0.15, 0.2) is 0 Å². The van der Waals surface area contributed by atoms with Crippen molar-refractivity contribution in [1.29, 1.82) is 0 Å². The topological polar surface area (TPSA) is 66.8 Å². The lowest BCUT2D eigenvalue weighted by atomic mass is 9.97. The number of carboxylic acids is 1. The van der Waals surface area contributed by atoms with Gasteiger partial charge in [0.2, 0.25) is 0 Å². The SMILES string of the molecule is O=C(O)C[C@@H]1COc2cc(O)cc(F)c21. The largest absolute Gasteiger partial charge is 0.508 e. The van der Waals surface area contributed by atoms with Gasteiger partial charge in [-0.2, -0.15) is 0 Å². The second-order valence-electron chi connectivity index (χ2n) is 3.45. The van der Waals surface area contributed by atoms with Crippen LogP contribution in [0.15, 0.2) is 12.1 Å². The summed E-state index contributed by atoms with van der Waals surface area (Å²) < 4.78 is 18.5. The van der Waals surface area contributed by atoms with E-state index in [0.717, 1.165) is 6.07 Å². The molecule has 0 fully saturated rings. The predicted molar refractivity (Wildman–Crippen MR) is 48.6 cm³/mol. The molecule has 0 spiro atoms. The molecule has 0 aromatic heterocycles. The van der Waals surface area contributed by atoms with Crippen molar-refractivity contribution in [1.82, 2.24) is 0 Å². The Bertz CT molecular complexity index is 416. The highest BCUT2D eigenvalue weighted by atomic mass is 19.1. The lowest BCUT2D eigenvalue weighted by Gasteiger charge is -2.05. The van der Waals surface area contributed by atoms with Crippen molar-refractivity contribution in [3.8, 4) is 11.5 Å². The van der Waals surface area contributed by atoms with Crippen LogP contribution in [0.1, 0.15) is 17.9 Å². The number of hydrogen-bond donors (Lipinski definition) is 2. The molecule has 2 N–H and O–H groups in total. The van der Waals surface area contributed by atoms with Gasteiger partial charge in [-0.25, -0.2) is 4.39 Å². The van der Waals surface area contributed by atoms with Gasteiger partial charge in [0.05, 0.1) is 13.0 Å². The lowest BCUT2D eigenvalue weighted by Crippen LogP contribution is -2.08. The van der Waals surface area contributed by atoms with Crippen molar-refractivity contribution < 1.29 is 24.1 Å². The van der Waals surface area contributed by atoms with Crippen LogP contribution in [0.5, 0.6) is 11.5 Å². The Morgan fingerprint density at radius 3 is 3.00 bits per heavy atom. The normalized spacial score (nSPS) is 18.3. The minimum atomic E-state index is -0.996.